The lowest BCUT2D eigenvalue weighted by atomic mass is 10.0. The first-order valence-corrected chi connectivity index (χ1v) is 8.28. The van der Waals surface area contributed by atoms with Gasteiger partial charge in [0, 0.05) is 25.2 Å². The number of anilines is 1. The number of aromatic nitrogens is 1. The van der Waals surface area contributed by atoms with Gasteiger partial charge in [-0.1, -0.05) is 6.92 Å². The van der Waals surface area contributed by atoms with E-state index in [1.54, 1.807) is 0 Å². The lowest BCUT2D eigenvalue weighted by molar-refractivity contribution is 0.0381. The van der Waals surface area contributed by atoms with E-state index in [2.05, 4.69) is 11.8 Å². The topological polar surface area (TPSA) is 60.9 Å². The van der Waals surface area contributed by atoms with Crippen molar-refractivity contribution < 1.29 is 19.0 Å². The molecule has 0 amide bonds. The fraction of sp³-hybridized carbons (Fsp3) is 0.647. The molecular weight excluding hydrogens is 296 g/mol. The van der Waals surface area contributed by atoms with Crippen molar-refractivity contribution in [1.29, 1.82) is 0 Å². The molecule has 6 heteroatoms. The molecule has 1 saturated heterocycles. The van der Waals surface area contributed by atoms with Crippen LogP contribution in [0, 0.1) is 0 Å². The highest BCUT2D eigenvalue weighted by molar-refractivity contribution is 5.92. The molecule has 0 bridgehead atoms. The number of hydrogen-bond acceptors (Lipinski definition) is 6. The average Bonchev–Trinajstić information content (AvgIpc) is 2.85. The number of hydrogen-bond donors (Lipinski definition) is 0. The summed E-state index contributed by atoms with van der Waals surface area (Å²) in [4.78, 5) is 19.2. The van der Waals surface area contributed by atoms with Crippen molar-refractivity contribution in [3.8, 4) is 0 Å². The van der Waals surface area contributed by atoms with E-state index in [-0.39, 0.29) is 12.1 Å². The van der Waals surface area contributed by atoms with Crippen LogP contribution in [0.15, 0.2) is 6.07 Å². The Hall–Kier alpha value is -1.66. The van der Waals surface area contributed by atoms with Gasteiger partial charge in [0.15, 0.2) is 0 Å². The first-order chi connectivity index (χ1) is 11.2. The maximum atomic E-state index is 12.2. The van der Waals surface area contributed by atoms with Gasteiger partial charge in [0.1, 0.15) is 5.82 Å². The van der Waals surface area contributed by atoms with Crippen molar-refractivity contribution >= 4 is 11.8 Å². The maximum absolute atomic E-state index is 12.2. The summed E-state index contributed by atoms with van der Waals surface area (Å²) in [7, 11) is 1.42. The van der Waals surface area contributed by atoms with Crippen LogP contribution in [-0.2, 0) is 27.1 Å². The monoisotopic (exact) mass is 320 g/mol. The number of carbonyl (C=O) groups excluding carboxylic acids is 1. The summed E-state index contributed by atoms with van der Waals surface area (Å²) < 4.78 is 16.2. The van der Waals surface area contributed by atoms with Gasteiger partial charge in [-0.3, -0.25) is 0 Å². The van der Waals surface area contributed by atoms with Gasteiger partial charge in [0.25, 0.3) is 0 Å². The van der Waals surface area contributed by atoms with E-state index in [4.69, 9.17) is 19.2 Å². The maximum Gasteiger partial charge on any atom is 0.338 e. The van der Waals surface area contributed by atoms with Crippen LogP contribution in [0.25, 0.3) is 0 Å². The average molecular weight is 320 g/mol. The summed E-state index contributed by atoms with van der Waals surface area (Å²) in [5, 5.41) is 0. The fourth-order valence-corrected chi connectivity index (χ4v) is 3.17. The first kappa shape index (κ1) is 16.2. The molecule has 0 saturated carbocycles. The minimum absolute atomic E-state index is 0.217. The van der Waals surface area contributed by atoms with E-state index in [0.717, 1.165) is 43.0 Å². The Balaban J connectivity index is 1.97. The fourth-order valence-electron chi connectivity index (χ4n) is 3.17. The van der Waals surface area contributed by atoms with E-state index in [0.29, 0.717) is 31.8 Å². The lowest BCUT2D eigenvalue weighted by Crippen LogP contribution is -2.42. The molecule has 2 aliphatic heterocycles. The molecule has 0 aromatic carbocycles. The van der Waals surface area contributed by atoms with Gasteiger partial charge < -0.3 is 19.1 Å². The summed E-state index contributed by atoms with van der Waals surface area (Å²) in [6.07, 6.45) is 2.62. The lowest BCUT2D eigenvalue weighted by Gasteiger charge is -2.34. The van der Waals surface area contributed by atoms with Crippen LogP contribution in [0.5, 0.6) is 0 Å². The summed E-state index contributed by atoms with van der Waals surface area (Å²) >= 11 is 0. The largest absolute Gasteiger partial charge is 0.465 e. The second-order valence-corrected chi connectivity index (χ2v) is 5.90. The number of nitrogens with zero attached hydrogens (tertiary/aromatic N) is 2. The summed E-state index contributed by atoms with van der Waals surface area (Å²) in [5.41, 5.74) is 2.55. The number of carbonyl (C=O) groups is 1. The summed E-state index contributed by atoms with van der Waals surface area (Å²) in [6.45, 7) is 5.67. The molecule has 1 aromatic heterocycles. The predicted octanol–water partition coefficient (Wildman–Crippen LogP) is 1.60. The Kier molecular flexibility index (Phi) is 5.13. The van der Waals surface area contributed by atoms with Crippen molar-refractivity contribution in [1.82, 2.24) is 4.98 Å². The van der Waals surface area contributed by atoms with Crippen molar-refractivity contribution in [2.24, 2.45) is 0 Å². The molecule has 0 radical (unpaired) electrons. The van der Waals surface area contributed by atoms with Crippen LogP contribution >= 0.6 is 0 Å². The molecule has 6 nitrogen and oxygen atoms in total. The standard InChI is InChI=1S/C17H24N2O4/c1-3-12-11-19(6-9-23-12)16-10-14(17(20)21-2)13-4-7-22-8-5-15(13)18-16/h10,12H,3-9,11H2,1-2H3. The van der Waals surface area contributed by atoms with Gasteiger partial charge in [-0.25, -0.2) is 9.78 Å². The second kappa shape index (κ2) is 7.27. The molecule has 126 valence electrons. The van der Waals surface area contributed by atoms with Crippen molar-refractivity contribution in [3.63, 3.8) is 0 Å². The van der Waals surface area contributed by atoms with Crippen molar-refractivity contribution in [2.45, 2.75) is 32.3 Å². The van der Waals surface area contributed by atoms with E-state index in [1.165, 1.54) is 7.11 Å². The van der Waals surface area contributed by atoms with Gasteiger partial charge in [0.2, 0.25) is 0 Å². The van der Waals surface area contributed by atoms with Crippen LogP contribution < -0.4 is 4.90 Å². The molecule has 0 aliphatic carbocycles. The number of methoxy groups -OCH3 is 1. The second-order valence-electron chi connectivity index (χ2n) is 5.90. The number of ether oxygens (including phenoxy) is 3. The van der Waals surface area contributed by atoms with Gasteiger partial charge in [-0.05, 0) is 24.5 Å². The summed E-state index contributed by atoms with van der Waals surface area (Å²) in [6, 6.07) is 1.87. The van der Waals surface area contributed by atoms with E-state index in [1.807, 2.05) is 6.07 Å². The smallest absolute Gasteiger partial charge is 0.338 e. The number of morpholine rings is 1. The molecule has 1 unspecified atom stereocenters. The van der Waals surface area contributed by atoms with Crippen molar-refractivity contribution in [3.05, 3.63) is 22.9 Å². The zero-order valence-corrected chi connectivity index (χ0v) is 13.8. The number of fused-ring (bicyclic) bond motifs is 1. The Labute approximate surface area is 136 Å². The molecule has 1 atom stereocenters. The van der Waals surface area contributed by atoms with E-state index in [9.17, 15) is 4.79 Å². The minimum Gasteiger partial charge on any atom is -0.465 e. The van der Waals surface area contributed by atoms with Crippen LogP contribution in [0.2, 0.25) is 0 Å². The SMILES string of the molecule is CCC1CN(c2cc(C(=O)OC)c3c(n2)CCOCC3)CCO1. The molecule has 2 aliphatic rings. The van der Waals surface area contributed by atoms with Crippen LogP contribution in [0.4, 0.5) is 5.82 Å². The molecule has 0 spiro atoms. The van der Waals surface area contributed by atoms with Crippen LogP contribution in [0.3, 0.4) is 0 Å². The van der Waals surface area contributed by atoms with Crippen LogP contribution in [-0.4, -0.2) is 57.1 Å². The third kappa shape index (κ3) is 3.48. The van der Waals surface area contributed by atoms with Gasteiger partial charge in [-0.2, -0.15) is 0 Å². The molecule has 3 heterocycles. The molecule has 0 N–H and O–H groups in total. The number of rotatable bonds is 3. The van der Waals surface area contributed by atoms with Gasteiger partial charge >= 0.3 is 5.97 Å². The van der Waals surface area contributed by atoms with Gasteiger partial charge in [-0.15, -0.1) is 0 Å². The number of esters is 1. The Bertz CT molecular complexity index is 576. The highest BCUT2D eigenvalue weighted by atomic mass is 16.5. The van der Waals surface area contributed by atoms with E-state index < -0.39 is 0 Å². The summed E-state index contributed by atoms with van der Waals surface area (Å²) in [5.74, 6) is 0.542. The quantitative estimate of drug-likeness (QED) is 0.789. The zero-order valence-electron chi connectivity index (χ0n) is 13.8. The zero-order chi connectivity index (χ0) is 16.2. The van der Waals surface area contributed by atoms with Gasteiger partial charge in [0.05, 0.1) is 38.6 Å². The van der Waals surface area contributed by atoms with E-state index >= 15 is 0 Å². The molecular formula is C17H24N2O4. The Morgan fingerprint density at radius 2 is 2.22 bits per heavy atom. The molecule has 23 heavy (non-hydrogen) atoms. The Morgan fingerprint density at radius 1 is 1.39 bits per heavy atom. The number of pyridine rings is 1. The molecule has 1 aromatic rings. The minimum atomic E-state index is -0.299. The van der Waals surface area contributed by atoms with Crippen molar-refractivity contribution in [2.75, 3.05) is 44.9 Å². The molecule has 1 fully saturated rings. The third-order valence-corrected chi connectivity index (χ3v) is 4.50. The third-order valence-electron chi connectivity index (χ3n) is 4.50. The highest BCUT2D eigenvalue weighted by Crippen LogP contribution is 2.25. The highest BCUT2D eigenvalue weighted by Gasteiger charge is 2.25. The Morgan fingerprint density at radius 3 is 3.00 bits per heavy atom. The first-order valence-electron chi connectivity index (χ1n) is 8.28. The van der Waals surface area contributed by atoms with Crippen LogP contribution in [0.1, 0.15) is 35.0 Å². The normalized spacial score (nSPS) is 21.5. The predicted molar refractivity (Wildman–Crippen MR) is 86.0 cm³/mol. The molecule has 3 rings (SSSR count).